The molecule has 0 aliphatic heterocycles. The normalized spacial score (nSPS) is 11.5. The van der Waals surface area contributed by atoms with Crippen molar-refractivity contribution in [3.05, 3.63) is 40.3 Å². The Morgan fingerprint density at radius 3 is 2.82 bits per heavy atom. The van der Waals surface area contributed by atoms with E-state index in [4.69, 9.17) is 4.74 Å². The Morgan fingerprint density at radius 2 is 2.14 bits per heavy atom. The Morgan fingerprint density at radius 1 is 1.41 bits per heavy atom. The summed E-state index contributed by atoms with van der Waals surface area (Å²) in [7, 11) is 1.51. The predicted molar refractivity (Wildman–Crippen MR) is 79.1 cm³/mol. The van der Waals surface area contributed by atoms with Crippen LogP contribution in [-0.4, -0.2) is 23.5 Å². The number of nitrogens with one attached hydrogen (secondary N) is 1. The van der Waals surface area contributed by atoms with Crippen molar-refractivity contribution in [3.8, 4) is 0 Å². The lowest BCUT2D eigenvalue weighted by molar-refractivity contribution is -0.0328. The smallest absolute Gasteiger partial charge is 0.378 e. The van der Waals surface area contributed by atoms with Crippen molar-refractivity contribution in [1.29, 1.82) is 0 Å². The second kappa shape index (κ2) is 7.12. The van der Waals surface area contributed by atoms with Gasteiger partial charge in [-0.1, -0.05) is 12.1 Å². The molecule has 0 fully saturated rings. The number of aromatic nitrogens is 1. The van der Waals surface area contributed by atoms with Crippen LogP contribution in [0.3, 0.4) is 0 Å². The number of alkyl halides is 3. The number of amides is 1. The summed E-state index contributed by atoms with van der Waals surface area (Å²) in [5, 5.41) is 4.60. The number of para-hydroxylation sites is 1. The number of nitrogens with zero attached hydrogens (tertiary/aromatic N) is 1. The summed E-state index contributed by atoms with van der Waals surface area (Å²) in [5.74, 6) is -0.561. The quantitative estimate of drug-likeness (QED) is 0.825. The fraction of sp³-hybridized carbons (Fsp3) is 0.231. The Bertz CT molecular complexity index is 659. The van der Waals surface area contributed by atoms with Gasteiger partial charge < -0.3 is 10.1 Å². The van der Waals surface area contributed by atoms with Gasteiger partial charge in [-0.15, -0.1) is 11.3 Å². The minimum absolute atomic E-state index is 0.0734. The maximum Gasteiger partial charge on any atom is 0.446 e. The molecule has 0 spiro atoms. The maximum atomic E-state index is 12.5. The summed E-state index contributed by atoms with van der Waals surface area (Å²) in [6.45, 7) is 0.276. The van der Waals surface area contributed by atoms with Gasteiger partial charge in [0.05, 0.1) is 12.3 Å². The molecule has 0 aliphatic carbocycles. The summed E-state index contributed by atoms with van der Waals surface area (Å²) in [4.78, 5) is 16.0. The van der Waals surface area contributed by atoms with Crippen LogP contribution in [0.25, 0.3) is 0 Å². The molecular formula is C13H11F3N2O2S2. The SMILES string of the molecule is COCc1nc(C(=O)Nc2ccccc2SC(F)(F)F)cs1. The van der Waals surface area contributed by atoms with Crippen molar-refractivity contribution < 1.29 is 22.7 Å². The van der Waals surface area contributed by atoms with Gasteiger partial charge in [0, 0.05) is 17.4 Å². The number of benzene rings is 1. The number of hydrogen-bond donors (Lipinski definition) is 1. The van der Waals surface area contributed by atoms with Gasteiger partial charge >= 0.3 is 5.51 Å². The van der Waals surface area contributed by atoms with E-state index in [9.17, 15) is 18.0 Å². The van der Waals surface area contributed by atoms with Crippen LogP contribution in [0.1, 0.15) is 15.5 Å². The molecule has 0 saturated heterocycles. The number of carbonyl (C=O) groups is 1. The average Bonchev–Trinajstić information content (AvgIpc) is 2.88. The largest absolute Gasteiger partial charge is 0.446 e. The van der Waals surface area contributed by atoms with E-state index >= 15 is 0 Å². The number of halogens is 3. The number of methoxy groups -OCH3 is 1. The highest BCUT2D eigenvalue weighted by Crippen LogP contribution is 2.40. The summed E-state index contributed by atoms with van der Waals surface area (Å²) in [5.41, 5.74) is -4.19. The van der Waals surface area contributed by atoms with E-state index < -0.39 is 11.4 Å². The Labute approximate surface area is 132 Å². The molecule has 1 aromatic heterocycles. The highest BCUT2D eigenvalue weighted by Gasteiger charge is 2.30. The lowest BCUT2D eigenvalue weighted by atomic mass is 10.3. The standard InChI is InChI=1S/C13H11F3N2O2S2/c1-20-6-11-17-9(7-21-11)12(19)18-8-4-2-3-5-10(8)22-13(14,15)16/h2-5,7H,6H2,1H3,(H,18,19). The van der Waals surface area contributed by atoms with Crippen LogP contribution in [0.5, 0.6) is 0 Å². The molecule has 0 bridgehead atoms. The van der Waals surface area contributed by atoms with Crippen molar-refractivity contribution in [2.24, 2.45) is 0 Å². The third-order valence-electron chi connectivity index (χ3n) is 2.41. The van der Waals surface area contributed by atoms with Gasteiger partial charge in [0.2, 0.25) is 0 Å². The number of ether oxygens (including phenoxy) is 1. The molecule has 0 atom stereocenters. The minimum Gasteiger partial charge on any atom is -0.378 e. The van der Waals surface area contributed by atoms with Gasteiger partial charge in [0.25, 0.3) is 5.91 Å². The molecule has 0 saturated carbocycles. The van der Waals surface area contributed by atoms with E-state index in [-0.39, 0.29) is 34.6 Å². The van der Waals surface area contributed by atoms with Crippen LogP contribution < -0.4 is 5.32 Å². The topological polar surface area (TPSA) is 51.2 Å². The number of anilines is 1. The van der Waals surface area contributed by atoms with Gasteiger partial charge in [0.1, 0.15) is 10.7 Å². The fourth-order valence-corrected chi connectivity index (χ4v) is 2.94. The van der Waals surface area contributed by atoms with Crippen molar-refractivity contribution in [3.63, 3.8) is 0 Å². The molecule has 1 N–H and O–H groups in total. The van der Waals surface area contributed by atoms with Crippen molar-refractivity contribution in [1.82, 2.24) is 4.98 Å². The number of thiazole rings is 1. The third-order valence-corrected chi connectivity index (χ3v) is 4.04. The van der Waals surface area contributed by atoms with Crippen LogP contribution in [0.2, 0.25) is 0 Å². The minimum atomic E-state index is -4.42. The first-order valence-electron chi connectivity index (χ1n) is 5.98. The summed E-state index contributed by atoms with van der Waals surface area (Å²) in [6, 6.07) is 5.73. The monoisotopic (exact) mass is 348 g/mol. The zero-order valence-electron chi connectivity index (χ0n) is 11.3. The van der Waals surface area contributed by atoms with E-state index in [0.717, 1.165) is 0 Å². The molecule has 9 heteroatoms. The molecular weight excluding hydrogens is 337 g/mol. The molecule has 22 heavy (non-hydrogen) atoms. The molecule has 1 amide bonds. The molecule has 4 nitrogen and oxygen atoms in total. The van der Waals surface area contributed by atoms with Gasteiger partial charge in [-0.2, -0.15) is 13.2 Å². The summed E-state index contributed by atoms with van der Waals surface area (Å²) >= 11 is 0.970. The Kier molecular flexibility index (Phi) is 5.43. The highest BCUT2D eigenvalue weighted by atomic mass is 32.2. The van der Waals surface area contributed by atoms with Gasteiger partial charge in [-0.25, -0.2) is 4.98 Å². The van der Waals surface area contributed by atoms with Crippen LogP contribution >= 0.6 is 23.1 Å². The fourth-order valence-electron chi connectivity index (χ4n) is 1.57. The summed E-state index contributed by atoms with van der Waals surface area (Å²) in [6.07, 6.45) is 0. The van der Waals surface area contributed by atoms with Crippen LogP contribution in [0.15, 0.2) is 34.5 Å². The molecule has 1 heterocycles. The van der Waals surface area contributed by atoms with E-state index in [1.54, 1.807) is 6.07 Å². The number of thioether (sulfide) groups is 1. The zero-order chi connectivity index (χ0) is 16.2. The van der Waals surface area contributed by atoms with E-state index in [2.05, 4.69) is 10.3 Å². The second-order valence-electron chi connectivity index (χ2n) is 4.06. The zero-order valence-corrected chi connectivity index (χ0v) is 12.9. The first kappa shape index (κ1) is 16.8. The first-order chi connectivity index (χ1) is 10.4. The number of carbonyl (C=O) groups excluding carboxylic acids is 1. The van der Waals surface area contributed by atoms with Crippen molar-refractivity contribution in [2.75, 3.05) is 12.4 Å². The molecule has 0 unspecified atom stereocenters. The van der Waals surface area contributed by atoms with Gasteiger partial charge in [-0.05, 0) is 23.9 Å². The summed E-state index contributed by atoms with van der Waals surface area (Å²) < 4.78 is 42.4. The first-order valence-corrected chi connectivity index (χ1v) is 7.68. The molecule has 2 rings (SSSR count). The highest BCUT2D eigenvalue weighted by molar-refractivity contribution is 8.00. The van der Waals surface area contributed by atoms with Crippen molar-refractivity contribution in [2.45, 2.75) is 17.0 Å². The van der Waals surface area contributed by atoms with Crippen LogP contribution in [0.4, 0.5) is 18.9 Å². The Hall–Kier alpha value is -1.58. The molecule has 118 valence electrons. The Balaban J connectivity index is 2.14. The molecule has 1 aromatic carbocycles. The van der Waals surface area contributed by atoms with E-state index in [1.165, 1.54) is 42.0 Å². The van der Waals surface area contributed by atoms with E-state index in [1.807, 2.05) is 0 Å². The second-order valence-corrected chi connectivity index (χ2v) is 6.11. The lowest BCUT2D eigenvalue weighted by Crippen LogP contribution is -2.13. The average molecular weight is 348 g/mol. The van der Waals surface area contributed by atoms with Crippen LogP contribution in [0, 0.1) is 0 Å². The number of hydrogen-bond acceptors (Lipinski definition) is 5. The molecule has 0 aliphatic rings. The molecule has 0 radical (unpaired) electrons. The molecule has 2 aromatic rings. The number of rotatable bonds is 5. The van der Waals surface area contributed by atoms with Gasteiger partial charge in [0.15, 0.2) is 0 Å². The van der Waals surface area contributed by atoms with Gasteiger partial charge in [-0.3, -0.25) is 4.79 Å². The van der Waals surface area contributed by atoms with E-state index in [0.29, 0.717) is 5.01 Å². The third kappa shape index (κ3) is 4.72. The predicted octanol–water partition coefficient (Wildman–Crippen LogP) is 4.15. The lowest BCUT2D eigenvalue weighted by Gasteiger charge is -2.11. The van der Waals surface area contributed by atoms with Crippen molar-refractivity contribution >= 4 is 34.7 Å². The van der Waals surface area contributed by atoms with Crippen LogP contribution in [-0.2, 0) is 11.3 Å². The maximum absolute atomic E-state index is 12.5.